The van der Waals surface area contributed by atoms with Crippen LogP contribution in [0.15, 0.2) is 78.9 Å². The molecule has 4 rings (SSSR count). The van der Waals surface area contributed by atoms with Gasteiger partial charge in [-0.25, -0.2) is 4.79 Å². The fourth-order valence-corrected chi connectivity index (χ4v) is 4.73. The summed E-state index contributed by atoms with van der Waals surface area (Å²) < 4.78 is 5.58. The van der Waals surface area contributed by atoms with Crippen molar-refractivity contribution >= 4 is 18.0 Å². The van der Waals surface area contributed by atoms with Crippen LogP contribution in [0.3, 0.4) is 0 Å². The second-order valence-corrected chi connectivity index (χ2v) is 9.46. The number of hydrogen-bond donors (Lipinski definition) is 2. The van der Waals surface area contributed by atoms with Gasteiger partial charge in [0, 0.05) is 32.0 Å². The van der Waals surface area contributed by atoms with Crippen LogP contribution in [0.5, 0.6) is 0 Å². The summed E-state index contributed by atoms with van der Waals surface area (Å²) in [5.74, 6) is -1.25. The largest absolute Gasteiger partial charge is 0.481 e. The van der Waals surface area contributed by atoms with Crippen molar-refractivity contribution < 1.29 is 24.2 Å². The monoisotopic (exact) mass is 500 g/mol. The van der Waals surface area contributed by atoms with Crippen LogP contribution in [0.4, 0.5) is 4.79 Å². The summed E-state index contributed by atoms with van der Waals surface area (Å²) in [5, 5.41) is 11.8. The number of fused-ring (bicyclic) bond motifs is 3. The normalized spacial score (nSPS) is 12.8. The molecule has 0 saturated heterocycles. The molecule has 7 heteroatoms. The quantitative estimate of drug-likeness (QED) is 0.384. The van der Waals surface area contributed by atoms with Crippen molar-refractivity contribution in [2.75, 3.05) is 19.7 Å². The molecule has 7 nitrogen and oxygen atoms in total. The number of amides is 2. The number of carboxylic acid groups (broad SMARTS) is 1. The highest BCUT2D eigenvalue weighted by molar-refractivity contribution is 5.79. The Morgan fingerprint density at radius 2 is 1.51 bits per heavy atom. The Morgan fingerprint density at radius 3 is 2.14 bits per heavy atom. The van der Waals surface area contributed by atoms with E-state index in [0.29, 0.717) is 6.54 Å². The Bertz CT molecular complexity index is 1200. The molecule has 0 radical (unpaired) electrons. The summed E-state index contributed by atoms with van der Waals surface area (Å²) in [5.41, 5.74) is 5.57. The van der Waals surface area contributed by atoms with E-state index >= 15 is 0 Å². The Labute approximate surface area is 217 Å². The average molecular weight is 501 g/mol. The molecule has 1 unspecified atom stereocenters. The highest BCUT2D eigenvalue weighted by Crippen LogP contribution is 2.44. The summed E-state index contributed by atoms with van der Waals surface area (Å²) in [6.45, 7) is 2.86. The molecule has 2 N–H and O–H groups in total. The van der Waals surface area contributed by atoms with Crippen molar-refractivity contribution in [3.05, 3.63) is 95.6 Å². The number of rotatable bonds is 11. The molecule has 0 aliphatic heterocycles. The van der Waals surface area contributed by atoms with Gasteiger partial charge in [-0.15, -0.1) is 0 Å². The maximum Gasteiger partial charge on any atom is 0.407 e. The minimum atomic E-state index is -0.948. The summed E-state index contributed by atoms with van der Waals surface area (Å²) in [6, 6.07) is 25.8. The van der Waals surface area contributed by atoms with Gasteiger partial charge in [0.25, 0.3) is 0 Å². The van der Waals surface area contributed by atoms with Gasteiger partial charge in [0.2, 0.25) is 5.91 Å². The van der Waals surface area contributed by atoms with Crippen LogP contribution in [0.2, 0.25) is 0 Å². The summed E-state index contributed by atoms with van der Waals surface area (Å²) in [6.07, 6.45) is -0.450. The van der Waals surface area contributed by atoms with Crippen LogP contribution in [-0.4, -0.2) is 47.7 Å². The zero-order valence-electron chi connectivity index (χ0n) is 20.9. The number of benzene rings is 3. The van der Waals surface area contributed by atoms with Gasteiger partial charge in [0.15, 0.2) is 0 Å². The molecule has 3 aromatic carbocycles. The first-order valence-electron chi connectivity index (χ1n) is 12.5. The molecular formula is C30H32N2O5. The van der Waals surface area contributed by atoms with E-state index in [-0.39, 0.29) is 50.3 Å². The molecule has 0 aromatic heterocycles. The topological polar surface area (TPSA) is 95.9 Å². The van der Waals surface area contributed by atoms with Crippen molar-refractivity contribution in [1.29, 1.82) is 0 Å². The molecule has 37 heavy (non-hydrogen) atoms. The van der Waals surface area contributed by atoms with Crippen molar-refractivity contribution in [2.24, 2.45) is 5.92 Å². The average Bonchev–Trinajstić information content (AvgIpc) is 3.22. The van der Waals surface area contributed by atoms with Gasteiger partial charge < -0.3 is 20.1 Å². The minimum Gasteiger partial charge on any atom is -0.481 e. The fourth-order valence-electron chi connectivity index (χ4n) is 4.73. The highest BCUT2D eigenvalue weighted by atomic mass is 16.5. The summed E-state index contributed by atoms with van der Waals surface area (Å²) in [7, 11) is 0. The van der Waals surface area contributed by atoms with Crippen LogP contribution in [0.1, 0.15) is 42.4 Å². The molecule has 1 aliphatic rings. The lowest BCUT2D eigenvalue weighted by Gasteiger charge is -2.24. The molecule has 2 amide bonds. The Kier molecular flexibility index (Phi) is 8.56. The highest BCUT2D eigenvalue weighted by Gasteiger charge is 2.29. The third-order valence-electron chi connectivity index (χ3n) is 6.63. The van der Waals surface area contributed by atoms with Crippen LogP contribution in [0.25, 0.3) is 11.1 Å². The number of nitrogens with one attached hydrogen (secondary N) is 1. The smallest absolute Gasteiger partial charge is 0.407 e. The van der Waals surface area contributed by atoms with Crippen LogP contribution < -0.4 is 5.32 Å². The predicted molar refractivity (Wildman–Crippen MR) is 141 cm³/mol. The van der Waals surface area contributed by atoms with Gasteiger partial charge in [-0.1, -0.05) is 85.8 Å². The maximum absolute atomic E-state index is 12.9. The molecule has 0 fully saturated rings. The Hall–Kier alpha value is -4.13. The summed E-state index contributed by atoms with van der Waals surface area (Å²) >= 11 is 0. The number of ether oxygens (including phenoxy) is 1. The van der Waals surface area contributed by atoms with E-state index < -0.39 is 12.1 Å². The van der Waals surface area contributed by atoms with Gasteiger partial charge in [-0.05, 0) is 33.7 Å². The molecule has 0 bridgehead atoms. The summed E-state index contributed by atoms with van der Waals surface area (Å²) in [4.78, 5) is 38.0. The van der Waals surface area contributed by atoms with E-state index in [9.17, 15) is 14.4 Å². The van der Waals surface area contributed by atoms with E-state index in [2.05, 4.69) is 29.6 Å². The lowest BCUT2D eigenvalue weighted by Crippen LogP contribution is -2.36. The second-order valence-electron chi connectivity index (χ2n) is 9.46. The first kappa shape index (κ1) is 25.9. The van der Waals surface area contributed by atoms with Crippen LogP contribution in [-0.2, 0) is 20.9 Å². The number of hydrogen-bond acceptors (Lipinski definition) is 4. The van der Waals surface area contributed by atoms with Crippen molar-refractivity contribution in [2.45, 2.75) is 32.2 Å². The van der Waals surface area contributed by atoms with Crippen LogP contribution >= 0.6 is 0 Å². The van der Waals surface area contributed by atoms with E-state index in [0.717, 1.165) is 16.7 Å². The second kappa shape index (κ2) is 12.2. The lowest BCUT2D eigenvalue weighted by atomic mass is 9.98. The first-order valence-corrected chi connectivity index (χ1v) is 12.5. The number of alkyl carbamates (subject to hydrolysis) is 1. The molecule has 3 aromatic rings. The van der Waals surface area contributed by atoms with Crippen molar-refractivity contribution in [3.8, 4) is 11.1 Å². The van der Waals surface area contributed by atoms with E-state index in [4.69, 9.17) is 9.84 Å². The number of carboxylic acids is 1. The van der Waals surface area contributed by atoms with E-state index in [1.54, 1.807) is 4.90 Å². The van der Waals surface area contributed by atoms with E-state index in [1.165, 1.54) is 11.1 Å². The molecule has 1 atom stereocenters. The third kappa shape index (κ3) is 6.76. The van der Waals surface area contributed by atoms with Gasteiger partial charge in [0.05, 0.1) is 6.42 Å². The Balaban J connectivity index is 1.27. The van der Waals surface area contributed by atoms with E-state index in [1.807, 2.05) is 61.5 Å². The van der Waals surface area contributed by atoms with Crippen molar-refractivity contribution in [3.63, 3.8) is 0 Å². The van der Waals surface area contributed by atoms with Gasteiger partial charge in [-0.2, -0.15) is 0 Å². The molecule has 0 spiro atoms. The molecular weight excluding hydrogens is 468 g/mol. The van der Waals surface area contributed by atoms with Crippen molar-refractivity contribution in [1.82, 2.24) is 10.2 Å². The minimum absolute atomic E-state index is 0.0158. The van der Waals surface area contributed by atoms with Gasteiger partial charge in [-0.3, -0.25) is 9.59 Å². The fraction of sp³-hybridized carbons (Fsp3) is 0.300. The number of carbonyl (C=O) groups is 3. The van der Waals surface area contributed by atoms with Gasteiger partial charge in [0.1, 0.15) is 6.61 Å². The number of carbonyl (C=O) groups excluding carboxylic acids is 2. The lowest BCUT2D eigenvalue weighted by molar-refractivity contribution is -0.139. The first-order chi connectivity index (χ1) is 17.9. The number of nitrogens with zero attached hydrogens (tertiary/aromatic N) is 1. The van der Waals surface area contributed by atoms with Crippen LogP contribution in [0, 0.1) is 5.92 Å². The molecule has 1 aliphatic carbocycles. The Morgan fingerprint density at radius 1 is 0.919 bits per heavy atom. The number of aliphatic carboxylic acids is 1. The molecule has 192 valence electrons. The zero-order chi connectivity index (χ0) is 26.2. The third-order valence-corrected chi connectivity index (χ3v) is 6.63. The molecule has 0 heterocycles. The predicted octanol–water partition coefficient (Wildman–Crippen LogP) is 5.05. The zero-order valence-corrected chi connectivity index (χ0v) is 20.9. The maximum atomic E-state index is 12.9. The SMILES string of the molecule is CC(CNC(=O)OCC1c2ccccc2-c2ccccc21)CC(=O)N(CCC(=O)O)Cc1ccccc1. The standard InChI is InChI=1S/C30H32N2O5/c1-21(17-28(33)32(16-15-29(34)35)19-22-9-3-2-4-10-22)18-31-30(36)37-20-27-25-13-7-5-11-23(25)24-12-6-8-14-26(24)27/h2-14,21,27H,15-20H2,1H3,(H,31,36)(H,34,35). The van der Waals surface area contributed by atoms with Gasteiger partial charge >= 0.3 is 12.1 Å². The molecule has 0 saturated carbocycles.